The molecule has 3 aromatic rings. The average molecular weight is 431 g/mol. The molecule has 1 aliphatic rings. The van der Waals surface area contributed by atoms with Gasteiger partial charge in [-0.05, 0) is 58.7 Å². The molecule has 2 heterocycles. The molecule has 140 valence electrons. The zero-order valence-corrected chi connectivity index (χ0v) is 16.4. The lowest BCUT2D eigenvalue weighted by atomic mass is 10.2. The molecule has 7 heteroatoms. The van der Waals surface area contributed by atoms with E-state index in [0.717, 1.165) is 48.3 Å². The zero-order valence-electron chi connectivity index (χ0n) is 14.8. The maximum atomic E-state index is 13.1. The van der Waals surface area contributed by atoms with Gasteiger partial charge < -0.3 is 9.32 Å². The third kappa shape index (κ3) is 4.36. The van der Waals surface area contributed by atoms with Crippen LogP contribution in [0.25, 0.3) is 11.5 Å². The van der Waals surface area contributed by atoms with Crippen LogP contribution in [0.5, 0.6) is 0 Å². The van der Waals surface area contributed by atoms with Crippen LogP contribution in [0.3, 0.4) is 0 Å². The lowest BCUT2D eigenvalue weighted by Crippen LogP contribution is -2.30. The van der Waals surface area contributed by atoms with Crippen molar-refractivity contribution in [1.29, 1.82) is 0 Å². The lowest BCUT2D eigenvalue weighted by Gasteiger charge is -2.23. The highest BCUT2D eigenvalue weighted by Crippen LogP contribution is 2.27. The first-order valence-corrected chi connectivity index (χ1v) is 9.78. The van der Waals surface area contributed by atoms with Gasteiger partial charge >= 0.3 is 0 Å². The zero-order chi connectivity index (χ0) is 18.6. The number of anilines is 1. The Bertz CT molecular complexity index is 899. The van der Waals surface area contributed by atoms with Gasteiger partial charge in [-0.2, -0.15) is 0 Å². The van der Waals surface area contributed by atoms with E-state index in [-0.39, 0.29) is 5.82 Å². The molecule has 0 bridgehead atoms. The Hall–Kier alpha value is -2.25. The highest BCUT2D eigenvalue weighted by molar-refractivity contribution is 9.10. The van der Waals surface area contributed by atoms with Crippen molar-refractivity contribution < 1.29 is 8.81 Å². The quantitative estimate of drug-likeness (QED) is 0.615. The van der Waals surface area contributed by atoms with Crippen molar-refractivity contribution in [2.45, 2.75) is 13.0 Å². The van der Waals surface area contributed by atoms with Crippen molar-refractivity contribution in [2.24, 2.45) is 0 Å². The molecule has 4 rings (SSSR count). The second-order valence-corrected chi connectivity index (χ2v) is 7.43. The molecule has 0 unspecified atom stereocenters. The number of halogens is 2. The standard InChI is InChI=1S/C20H20BrFN4O/c21-18-5-2-1-4-17(18)20-24-23-19(27-20)14-25-10-3-11-26(13-12-25)16-8-6-15(22)7-9-16/h1-2,4-9H,3,10-14H2. The van der Waals surface area contributed by atoms with Gasteiger partial charge in [0.1, 0.15) is 5.82 Å². The summed E-state index contributed by atoms with van der Waals surface area (Å²) in [5, 5.41) is 8.40. The van der Waals surface area contributed by atoms with Gasteiger partial charge in [-0.1, -0.05) is 12.1 Å². The van der Waals surface area contributed by atoms with E-state index in [1.807, 2.05) is 36.4 Å². The highest BCUT2D eigenvalue weighted by Gasteiger charge is 2.18. The first-order chi connectivity index (χ1) is 13.2. The molecule has 1 aromatic heterocycles. The van der Waals surface area contributed by atoms with Gasteiger partial charge in [-0.15, -0.1) is 10.2 Å². The maximum absolute atomic E-state index is 13.1. The second-order valence-electron chi connectivity index (χ2n) is 6.57. The van der Waals surface area contributed by atoms with Crippen LogP contribution >= 0.6 is 15.9 Å². The summed E-state index contributed by atoms with van der Waals surface area (Å²) in [7, 11) is 0. The largest absolute Gasteiger partial charge is 0.419 e. The number of benzene rings is 2. The minimum Gasteiger partial charge on any atom is -0.419 e. The van der Waals surface area contributed by atoms with Crippen molar-refractivity contribution in [3.8, 4) is 11.5 Å². The van der Waals surface area contributed by atoms with Crippen LogP contribution in [0.2, 0.25) is 0 Å². The number of rotatable bonds is 4. The van der Waals surface area contributed by atoms with Gasteiger partial charge in [0.15, 0.2) is 0 Å². The first kappa shape index (κ1) is 18.1. The molecule has 1 saturated heterocycles. The Labute approximate surface area is 165 Å². The van der Waals surface area contributed by atoms with Gasteiger partial charge in [0, 0.05) is 36.3 Å². The molecule has 5 nitrogen and oxygen atoms in total. The highest BCUT2D eigenvalue weighted by atomic mass is 79.9. The smallest absolute Gasteiger partial charge is 0.248 e. The van der Waals surface area contributed by atoms with Crippen LogP contribution < -0.4 is 4.90 Å². The van der Waals surface area contributed by atoms with Gasteiger partial charge in [0.05, 0.1) is 12.1 Å². The summed E-state index contributed by atoms with van der Waals surface area (Å²) in [6.07, 6.45) is 1.03. The van der Waals surface area contributed by atoms with E-state index in [9.17, 15) is 4.39 Å². The van der Waals surface area contributed by atoms with E-state index in [2.05, 4.69) is 35.9 Å². The Morgan fingerprint density at radius 3 is 2.59 bits per heavy atom. The SMILES string of the molecule is Fc1ccc(N2CCCN(Cc3nnc(-c4ccccc4Br)o3)CC2)cc1. The van der Waals surface area contributed by atoms with E-state index < -0.39 is 0 Å². The number of hydrogen-bond acceptors (Lipinski definition) is 5. The normalized spacial score (nSPS) is 15.7. The number of nitrogens with zero attached hydrogens (tertiary/aromatic N) is 4. The molecule has 1 aliphatic heterocycles. The Kier molecular flexibility index (Phi) is 5.50. The van der Waals surface area contributed by atoms with Crippen LogP contribution in [0.4, 0.5) is 10.1 Å². The maximum Gasteiger partial charge on any atom is 0.248 e. The van der Waals surface area contributed by atoms with Crippen LogP contribution in [0.1, 0.15) is 12.3 Å². The molecule has 1 fully saturated rings. The second kappa shape index (κ2) is 8.19. The van der Waals surface area contributed by atoms with Crippen molar-refractivity contribution in [3.63, 3.8) is 0 Å². The predicted octanol–water partition coefficient (Wildman–Crippen LogP) is 4.35. The van der Waals surface area contributed by atoms with Crippen molar-refractivity contribution in [3.05, 3.63) is 64.7 Å². The Morgan fingerprint density at radius 2 is 1.78 bits per heavy atom. The molecular weight excluding hydrogens is 411 g/mol. The van der Waals surface area contributed by atoms with Crippen LogP contribution in [-0.4, -0.2) is 41.3 Å². The number of hydrogen-bond donors (Lipinski definition) is 0. The molecule has 27 heavy (non-hydrogen) atoms. The lowest BCUT2D eigenvalue weighted by molar-refractivity contribution is 0.256. The summed E-state index contributed by atoms with van der Waals surface area (Å²) >= 11 is 3.52. The van der Waals surface area contributed by atoms with E-state index in [0.29, 0.717) is 18.3 Å². The molecule has 0 radical (unpaired) electrons. The summed E-state index contributed by atoms with van der Waals surface area (Å²) in [6, 6.07) is 14.5. The summed E-state index contributed by atoms with van der Waals surface area (Å²) in [5.74, 6) is 0.948. The molecule has 0 spiro atoms. The van der Waals surface area contributed by atoms with Crippen molar-refractivity contribution in [2.75, 3.05) is 31.1 Å². The summed E-state index contributed by atoms with van der Waals surface area (Å²) in [5.41, 5.74) is 1.96. The molecule has 0 amide bonds. The topological polar surface area (TPSA) is 45.4 Å². The van der Waals surface area contributed by atoms with E-state index in [1.54, 1.807) is 0 Å². The minimum atomic E-state index is -0.201. The molecule has 2 aromatic carbocycles. The fourth-order valence-electron chi connectivity index (χ4n) is 3.29. The fourth-order valence-corrected chi connectivity index (χ4v) is 3.75. The Morgan fingerprint density at radius 1 is 0.963 bits per heavy atom. The summed E-state index contributed by atoms with van der Waals surface area (Å²) in [6.45, 7) is 4.33. The van der Waals surface area contributed by atoms with E-state index in [1.165, 1.54) is 12.1 Å². The van der Waals surface area contributed by atoms with Crippen LogP contribution in [-0.2, 0) is 6.54 Å². The third-order valence-corrected chi connectivity index (χ3v) is 5.40. The average Bonchev–Trinajstić information content (AvgIpc) is 3.01. The first-order valence-electron chi connectivity index (χ1n) is 8.99. The summed E-state index contributed by atoms with van der Waals surface area (Å²) in [4.78, 5) is 4.61. The monoisotopic (exact) mass is 430 g/mol. The van der Waals surface area contributed by atoms with Gasteiger partial charge in [-0.3, -0.25) is 4.90 Å². The van der Waals surface area contributed by atoms with Crippen molar-refractivity contribution in [1.82, 2.24) is 15.1 Å². The molecule has 0 atom stereocenters. The van der Waals surface area contributed by atoms with Gasteiger partial charge in [0.25, 0.3) is 0 Å². The molecule has 0 N–H and O–H groups in total. The number of aromatic nitrogens is 2. The van der Waals surface area contributed by atoms with Gasteiger partial charge in [-0.25, -0.2) is 4.39 Å². The Balaban J connectivity index is 1.39. The predicted molar refractivity (Wildman–Crippen MR) is 106 cm³/mol. The van der Waals surface area contributed by atoms with E-state index >= 15 is 0 Å². The van der Waals surface area contributed by atoms with Gasteiger partial charge in [0.2, 0.25) is 11.8 Å². The van der Waals surface area contributed by atoms with Crippen LogP contribution in [0.15, 0.2) is 57.4 Å². The third-order valence-electron chi connectivity index (χ3n) is 4.71. The van der Waals surface area contributed by atoms with E-state index in [4.69, 9.17) is 4.42 Å². The molecular formula is C20H20BrFN4O. The van der Waals surface area contributed by atoms with Crippen LogP contribution in [0, 0.1) is 5.82 Å². The molecule has 0 aliphatic carbocycles. The van der Waals surface area contributed by atoms with Crippen molar-refractivity contribution >= 4 is 21.6 Å². The molecule has 0 saturated carbocycles. The fraction of sp³-hybridized carbons (Fsp3) is 0.300. The summed E-state index contributed by atoms with van der Waals surface area (Å²) < 4.78 is 19.9. The minimum absolute atomic E-state index is 0.201.